The number of hydrogen-bond acceptors (Lipinski definition) is 5. The Hall–Kier alpha value is -3.68. The van der Waals surface area contributed by atoms with Gasteiger partial charge in [-0.2, -0.15) is 0 Å². The Kier molecular flexibility index (Phi) is 6.79. The molecule has 0 unspecified atom stereocenters. The van der Waals surface area contributed by atoms with Gasteiger partial charge in [0.15, 0.2) is 0 Å². The number of aliphatic hydroxyl groups excluding tert-OH is 1. The van der Waals surface area contributed by atoms with Crippen molar-refractivity contribution in [2.75, 3.05) is 24.1 Å². The van der Waals surface area contributed by atoms with Gasteiger partial charge in [-0.15, -0.1) is 0 Å². The van der Waals surface area contributed by atoms with Crippen LogP contribution in [0, 0.1) is 0 Å². The van der Waals surface area contributed by atoms with E-state index in [1.807, 2.05) is 78.9 Å². The van der Waals surface area contributed by atoms with Crippen LogP contribution in [0.15, 0.2) is 78.9 Å². The predicted octanol–water partition coefficient (Wildman–Crippen LogP) is 3.12. The Morgan fingerprint density at radius 1 is 1.00 bits per heavy atom. The number of amides is 1. The number of aliphatic hydroxyl groups is 1. The van der Waals surface area contributed by atoms with Crippen molar-refractivity contribution in [2.45, 2.75) is 19.1 Å². The van der Waals surface area contributed by atoms with Crippen molar-refractivity contribution in [3.05, 3.63) is 90.0 Å². The number of nitrogens with zero attached hydrogens (tertiary/aromatic N) is 2. The van der Waals surface area contributed by atoms with Crippen molar-refractivity contribution in [1.82, 2.24) is 14.9 Å². The number of nitrogens with two attached hydrogens (primary N) is 1. The van der Waals surface area contributed by atoms with Gasteiger partial charge >= 0.3 is 0 Å². The topological polar surface area (TPSA) is 105 Å². The van der Waals surface area contributed by atoms with Gasteiger partial charge in [-0.3, -0.25) is 4.79 Å². The fourth-order valence-corrected chi connectivity index (χ4v) is 3.62. The summed E-state index contributed by atoms with van der Waals surface area (Å²) in [5.41, 5.74) is 10.4. The number of carbonyl (C=O) groups is 1. The number of imidazole rings is 1. The van der Waals surface area contributed by atoms with Crippen molar-refractivity contribution in [2.24, 2.45) is 0 Å². The summed E-state index contributed by atoms with van der Waals surface area (Å²) in [5.74, 6) is 0.158. The van der Waals surface area contributed by atoms with E-state index in [2.05, 4.69) is 15.6 Å². The lowest BCUT2D eigenvalue weighted by Crippen LogP contribution is -2.23. The van der Waals surface area contributed by atoms with Crippen LogP contribution in [0.25, 0.3) is 11.0 Å². The van der Waals surface area contributed by atoms with Gasteiger partial charge in [0.1, 0.15) is 6.54 Å². The quantitative estimate of drug-likeness (QED) is 0.306. The minimum atomic E-state index is -0.518. The highest BCUT2D eigenvalue weighted by Crippen LogP contribution is 2.18. The smallest absolute Gasteiger partial charge is 0.244 e. The first kappa shape index (κ1) is 21.5. The predicted molar refractivity (Wildman–Crippen MR) is 127 cm³/mol. The van der Waals surface area contributed by atoms with Crippen LogP contribution >= 0.6 is 0 Å². The zero-order chi connectivity index (χ0) is 22.3. The molecule has 1 heterocycles. The van der Waals surface area contributed by atoms with Gasteiger partial charge in [0.05, 0.1) is 17.1 Å². The molecular weight excluding hydrogens is 402 g/mol. The average molecular weight is 430 g/mol. The van der Waals surface area contributed by atoms with Crippen molar-refractivity contribution in [3.63, 3.8) is 0 Å². The molecule has 0 saturated carbocycles. The molecule has 32 heavy (non-hydrogen) atoms. The molecule has 0 spiro atoms. The molecule has 0 radical (unpaired) electrons. The van der Waals surface area contributed by atoms with Crippen LogP contribution < -0.4 is 16.4 Å². The Bertz CT molecular complexity index is 1170. The van der Waals surface area contributed by atoms with Crippen LogP contribution in [-0.2, 0) is 17.8 Å². The molecule has 0 aliphatic rings. The molecule has 1 aromatic heterocycles. The molecule has 5 N–H and O–H groups in total. The van der Waals surface area contributed by atoms with Crippen LogP contribution in [0.4, 0.5) is 11.6 Å². The van der Waals surface area contributed by atoms with Gasteiger partial charge in [-0.05, 0) is 48.4 Å². The molecule has 3 aromatic carbocycles. The van der Waals surface area contributed by atoms with Crippen molar-refractivity contribution in [1.29, 1.82) is 0 Å². The lowest BCUT2D eigenvalue weighted by Gasteiger charge is -2.12. The van der Waals surface area contributed by atoms with E-state index >= 15 is 0 Å². The lowest BCUT2D eigenvalue weighted by atomic mass is 10.1. The van der Waals surface area contributed by atoms with Gasteiger partial charge in [-0.1, -0.05) is 54.6 Å². The second kappa shape index (κ2) is 10.1. The number of hydrogen-bond donors (Lipinski definition) is 4. The van der Waals surface area contributed by atoms with E-state index in [0.717, 1.165) is 40.8 Å². The number of anilines is 2. The highest BCUT2D eigenvalue weighted by atomic mass is 16.3. The molecule has 1 amide bonds. The van der Waals surface area contributed by atoms with Crippen molar-refractivity contribution in [3.8, 4) is 0 Å². The summed E-state index contributed by atoms with van der Waals surface area (Å²) >= 11 is 0. The van der Waals surface area contributed by atoms with Gasteiger partial charge in [0.2, 0.25) is 11.9 Å². The zero-order valence-corrected chi connectivity index (χ0v) is 17.7. The zero-order valence-electron chi connectivity index (χ0n) is 17.7. The van der Waals surface area contributed by atoms with E-state index in [-0.39, 0.29) is 12.5 Å². The highest BCUT2D eigenvalue weighted by molar-refractivity contribution is 5.92. The molecule has 4 aromatic rings. The molecule has 0 aliphatic carbocycles. The van der Waals surface area contributed by atoms with E-state index in [9.17, 15) is 9.90 Å². The molecule has 1 atom stereocenters. The van der Waals surface area contributed by atoms with Crippen LogP contribution in [0.1, 0.15) is 17.2 Å². The molecule has 0 aliphatic heterocycles. The average Bonchev–Trinajstić information content (AvgIpc) is 3.13. The minimum absolute atomic E-state index is 0.0990. The number of nitrogen functional groups attached to an aromatic ring is 1. The van der Waals surface area contributed by atoms with Crippen LogP contribution in [-0.4, -0.2) is 33.7 Å². The minimum Gasteiger partial charge on any atom is -0.387 e. The van der Waals surface area contributed by atoms with Crippen LogP contribution in [0.2, 0.25) is 0 Å². The maximum absolute atomic E-state index is 12.5. The molecule has 164 valence electrons. The Balaban J connectivity index is 1.24. The largest absolute Gasteiger partial charge is 0.387 e. The summed E-state index contributed by atoms with van der Waals surface area (Å²) in [4.78, 5) is 16.8. The van der Waals surface area contributed by atoms with E-state index in [1.165, 1.54) is 0 Å². The van der Waals surface area contributed by atoms with Gasteiger partial charge in [0.25, 0.3) is 0 Å². The van der Waals surface area contributed by atoms with Crippen LogP contribution in [0.5, 0.6) is 0 Å². The molecule has 7 heteroatoms. The first-order valence-electron chi connectivity index (χ1n) is 10.6. The number of carbonyl (C=O) groups excluding carboxylic acids is 1. The first-order chi connectivity index (χ1) is 15.6. The number of fused-ring (bicyclic) bond motifs is 1. The normalized spacial score (nSPS) is 12.0. The van der Waals surface area contributed by atoms with E-state index in [0.29, 0.717) is 12.5 Å². The summed E-state index contributed by atoms with van der Waals surface area (Å²) in [6, 6.07) is 24.9. The lowest BCUT2D eigenvalue weighted by molar-refractivity contribution is -0.116. The maximum atomic E-state index is 12.5. The van der Waals surface area contributed by atoms with Crippen molar-refractivity contribution < 1.29 is 9.90 Å². The summed E-state index contributed by atoms with van der Waals surface area (Å²) in [6.45, 7) is 1.36. The fraction of sp³-hybridized carbons (Fsp3) is 0.200. The number of aromatic nitrogens is 2. The third kappa shape index (κ3) is 5.32. The molecule has 4 rings (SSSR count). The number of para-hydroxylation sites is 2. The van der Waals surface area contributed by atoms with E-state index in [4.69, 9.17) is 5.73 Å². The number of benzene rings is 3. The Labute approximate surface area is 186 Å². The summed E-state index contributed by atoms with van der Waals surface area (Å²) in [5, 5.41) is 16.4. The Morgan fingerprint density at radius 2 is 1.72 bits per heavy atom. The van der Waals surface area contributed by atoms with Crippen LogP contribution in [0.3, 0.4) is 0 Å². The standard InChI is InChI=1S/C25H27N5O2/c26-25-29-21-8-4-5-9-22(21)30(25)17-24(32)28-20-12-10-18(11-13-20)14-15-27-16-23(31)19-6-2-1-3-7-19/h1-13,23,27,31H,14-17H2,(H2,26,29)(H,28,32)/t23-/m0/s1. The summed E-state index contributed by atoms with van der Waals surface area (Å²) in [6.07, 6.45) is 0.309. The van der Waals surface area contributed by atoms with Gasteiger partial charge < -0.3 is 26.0 Å². The Morgan fingerprint density at radius 3 is 2.50 bits per heavy atom. The maximum Gasteiger partial charge on any atom is 0.244 e. The molecule has 0 fully saturated rings. The first-order valence-corrected chi connectivity index (χ1v) is 10.6. The summed E-state index contributed by atoms with van der Waals surface area (Å²) < 4.78 is 1.70. The SMILES string of the molecule is Nc1nc2ccccc2n1CC(=O)Nc1ccc(CCNC[C@H](O)c2ccccc2)cc1. The number of nitrogens with one attached hydrogen (secondary N) is 2. The molecule has 7 nitrogen and oxygen atoms in total. The molecular formula is C25H27N5O2. The molecule has 0 bridgehead atoms. The monoisotopic (exact) mass is 429 g/mol. The van der Waals surface area contributed by atoms with Gasteiger partial charge in [0, 0.05) is 12.2 Å². The third-order valence-electron chi connectivity index (χ3n) is 5.34. The van der Waals surface area contributed by atoms with Gasteiger partial charge in [-0.25, -0.2) is 4.98 Å². The fourth-order valence-electron chi connectivity index (χ4n) is 3.62. The number of rotatable bonds is 9. The summed E-state index contributed by atoms with van der Waals surface area (Å²) in [7, 11) is 0. The van der Waals surface area contributed by atoms with E-state index < -0.39 is 6.10 Å². The van der Waals surface area contributed by atoms with E-state index in [1.54, 1.807) is 4.57 Å². The second-order valence-electron chi connectivity index (χ2n) is 7.67. The van der Waals surface area contributed by atoms with Crippen molar-refractivity contribution >= 4 is 28.6 Å². The highest BCUT2D eigenvalue weighted by Gasteiger charge is 2.11. The molecule has 0 saturated heterocycles. The second-order valence-corrected chi connectivity index (χ2v) is 7.67. The third-order valence-corrected chi connectivity index (χ3v) is 5.34.